The third kappa shape index (κ3) is 20.9. The van der Waals surface area contributed by atoms with Crippen molar-refractivity contribution in [3.8, 4) is 46.3 Å². The number of halogens is 9. The van der Waals surface area contributed by atoms with Crippen LogP contribution in [0, 0.1) is 17.5 Å². The van der Waals surface area contributed by atoms with Crippen molar-refractivity contribution in [1.82, 2.24) is 93.4 Å². The first kappa shape index (κ1) is 94.1. The molecule has 708 valence electrons. The smallest absolute Gasteiger partial charge is 0.396 e. The fourth-order valence-corrected chi connectivity index (χ4v) is 17.6. The van der Waals surface area contributed by atoms with Gasteiger partial charge in [-0.2, -0.15) is 45.1 Å². The van der Waals surface area contributed by atoms with E-state index in [1.165, 1.54) is 93.2 Å². The molecule has 2 amide bonds. The number of H-pyrrole nitrogens is 7. The first-order chi connectivity index (χ1) is 66.3. The molecule has 20 rings (SSSR count). The van der Waals surface area contributed by atoms with Gasteiger partial charge >= 0.3 is 12.4 Å². The number of alkyl halides is 6. The molecule has 2 aliphatic rings. The van der Waals surface area contributed by atoms with E-state index < -0.39 is 34.6 Å². The number of imidazole rings is 4. The van der Waals surface area contributed by atoms with Crippen molar-refractivity contribution in [3.63, 3.8) is 0 Å². The Balaban J connectivity index is 0.000000128. The molecule has 18 aromatic rings. The third-order valence-electron chi connectivity index (χ3n) is 24.9. The number of nitrogens with one attached hydrogen (secondary N) is 7. The number of aromatic amines is 7. The number of aromatic nitrogens is 17. The first-order valence-electron chi connectivity index (χ1n) is 44.9. The Morgan fingerprint density at radius 2 is 0.754 bits per heavy atom. The van der Waals surface area contributed by atoms with E-state index in [9.17, 15) is 78.5 Å². The van der Waals surface area contributed by atoms with Gasteiger partial charge in [0.05, 0.1) is 73.1 Å². The number of likely N-dealkylation sites (tertiary alicyclic amines) is 2. The van der Waals surface area contributed by atoms with Gasteiger partial charge < -0.3 is 39.5 Å². The molecule has 2 fully saturated rings. The number of amides is 2. The van der Waals surface area contributed by atoms with Crippen LogP contribution < -0.4 is 22.2 Å². The van der Waals surface area contributed by atoms with Crippen molar-refractivity contribution >= 4 is 55.9 Å². The summed E-state index contributed by atoms with van der Waals surface area (Å²) in [5, 5.41) is 32.1. The van der Waals surface area contributed by atoms with E-state index in [-0.39, 0.29) is 82.3 Å². The molecular weight excluding hydrogens is 1790 g/mol. The summed E-state index contributed by atoms with van der Waals surface area (Å²) in [5.41, 5.74) is 11.2. The number of aliphatic hydroxyl groups is 2. The minimum atomic E-state index is -4.46. The average Bonchev–Trinajstić information content (AvgIpc) is 1.61. The van der Waals surface area contributed by atoms with E-state index in [2.05, 4.69) is 60.3 Å². The highest BCUT2D eigenvalue weighted by atomic mass is 19.4. The van der Waals surface area contributed by atoms with Crippen LogP contribution >= 0.6 is 0 Å². The van der Waals surface area contributed by atoms with Crippen molar-refractivity contribution in [2.24, 2.45) is 7.05 Å². The summed E-state index contributed by atoms with van der Waals surface area (Å²) in [4.78, 5) is 114. The number of para-hydroxylation sites is 8. The molecule has 0 unspecified atom stereocenters. The Morgan fingerprint density at radius 1 is 0.399 bits per heavy atom. The second-order valence-electron chi connectivity index (χ2n) is 34.5. The summed E-state index contributed by atoms with van der Waals surface area (Å²) in [6.45, 7) is 4.99. The minimum absolute atomic E-state index is 0.0531. The molecule has 0 saturated carbocycles. The summed E-state index contributed by atoms with van der Waals surface area (Å²) in [5.74, 6) is 0.528. The topological polar surface area (TPSA) is 349 Å². The average molecular weight is 1880 g/mol. The lowest BCUT2D eigenvalue weighted by Gasteiger charge is -2.35. The number of aliphatic hydroxyl groups excluding tert-OH is 1. The van der Waals surface area contributed by atoms with Gasteiger partial charge in [-0.15, -0.1) is 0 Å². The number of rotatable bonds is 22. The summed E-state index contributed by atoms with van der Waals surface area (Å²) >= 11 is 0. The Morgan fingerprint density at radius 3 is 1.14 bits per heavy atom. The molecule has 11 heterocycles. The van der Waals surface area contributed by atoms with Gasteiger partial charge in [0.2, 0.25) is 29.7 Å². The molecule has 36 heteroatoms. The largest absolute Gasteiger partial charge is 0.416 e. The number of benzene rings is 9. The quantitative estimate of drug-likeness (QED) is 0.0285. The van der Waals surface area contributed by atoms with Crippen molar-refractivity contribution in [2.75, 3.05) is 32.8 Å². The van der Waals surface area contributed by atoms with Gasteiger partial charge in [0.1, 0.15) is 23.1 Å². The van der Waals surface area contributed by atoms with Crippen molar-refractivity contribution in [2.45, 2.75) is 121 Å². The predicted molar refractivity (Wildman–Crippen MR) is 503 cm³/mol. The fourth-order valence-electron chi connectivity index (χ4n) is 17.6. The maximum absolute atomic E-state index is 13.7. The number of nitrogens with zero attached hydrogens (tertiary/aromatic N) is 12. The number of hydrogen-bond acceptors (Lipinski definition) is 13. The lowest BCUT2D eigenvalue weighted by molar-refractivity contribution is -0.149. The SMILES string of the molecule is CC(C)(O)C(=O)N1CCC(c2[nH]n(-c3nc4ccccc4[nH]3)c(=O)c2CCc2ccc(F)cc2)CC1.Cn1c(-n2[nH]c(-c3ccc(C(F)(F)F)cc3)c(CCc3ccc(F)cc3)c2=O)nc2ccccc21.O=C(Cc1ccncc1)N1CCC(c2[nH]n(-c3nc4ccccc4[nH]3)c(=O)c2CCc2ccc(F)cc2)CC1.O=c1c(CCO)c(-c2ccc(C(F)(F)F)cc2)[nH]n1-c1nc2ccccc2[nH]1. The van der Waals surface area contributed by atoms with E-state index >= 15 is 0 Å². The zero-order valence-corrected chi connectivity index (χ0v) is 74.9. The van der Waals surface area contributed by atoms with E-state index in [0.29, 0.717) is 152 Å². The summed E-state index contributed by atoms with van der Waals surface area (Å²) in [6, 6.07) is 61.5. The Kier molecular flexibility index (Phi) is 27.3. The molecule has 9 aromatic carbocycles. The van der Waals surface area contributed by atoms with E-state index in [1.54, 1.807) is 71.4 Å². The minimum Gasteiger partial charge on any atom is -0.396 e. The Bertz CT molecular complexity index is 7530. The van der Waals surface area contributed by atoms with E-state index in [1.807, 2.05) is 108 Å². The number of hydrogen-bond donors (Lipinski definition) is 9. The normalized spacial score (nSPS) is 13.4. The van der Waals surface area contributed by atoms with Crippen LogP contribution in [0.5, 0.6) is 0 Å². The van der Waals surface area contributed by atoms with Crippen LogP contribution in [0.1, 0.15) is 118 Å². The molecule has 0 radical (unpaired) electrons. The number of piperidine rings is 2. The molecule has 9 aromatic heterocycles. The van der Waals surface area contributed by atoms with Gasteiger partial charge in [-0.1, -0.05) is 109 Å². The predicted octanol–water partition coefficient (Wildman–Crippen LogP) is 16.7. The zero-order chi connectivity index (χ0) is 96.8. The van der Waals surface area contributed by atoms with Gasteiger partial charge in [0, 0.05) is 104 Å². The molecule has 0 aliphatic carbocycles. The number of carbonyl (C=O) groups excluding carboxylic acids is 2. The van der Waals surface area contributed by atoms with Gasteiger partial charge in [-0.05, 0) is 233 Å². The maximum atomic E-state index is 13.7. The fraction of sp³-hybridized carbons (Fsp3) is 0.245. The molecule has 0 atom stereocenters. The zero-order valence-electron chi connectivity index (χ0n) is 74.9. The molecule has 9 N–H and O–H groups in total. The van der Waals surface area contributed by atoms with E-state index in [4.69, 9.17) is 0 Å². The monoisotopic (exact) mass is 1880 g/mol. The maximum Gasteiger partial charge on any atom is 0.416 e. The van der Waals surface area contributed by atoms with Gasteiger partial charge in [-0.25, -0.2) is 33.1 Å². The first-order valence-corrected chi connectivity index (χ1v) is 44.9. The standard InChI is InChI=1S/C30H29FN6O2.C27H30FN5O3.C26H20F4N4O.C19H15F3N4O2/c31-23-8-5-20(6-9-23)7-10-24-28(35-37(29(24)39)30-33-25-3-1-2-4-26(25)34-30)22-13-17-36(18-14-22)27(38)19-21-11-15-32-16-12-21;1-27(2,36)25(35)32-15-13-18(14-16-32)23-20(12-9-17-7-10-19(28)11-8-17)24(34)33(31-23)26-29-21-5-3-4-6-22(21)30-26;1-33-22-5-3-2-4-21(22)31-25(33)34-24(35)20(15-8-16-6-13-19(27)14-7-16)23(32-34)17-9-11-18(12-10-17)26(28,29)30;20-19(21,22)12-7-5-11(6-8-12)16-13(9-10-27)17(28)26(25-16)18-23-14-3-1-2-4-15(14)24-18/h1-6,8-9,11-12,15-16,22,35H,7,10,13-14,17-19H2,(H,33,34);3-8,10-11,18,31,36H,9,12-16H2,1-2H3,(H,29,30);2-7,9-14,32H,8,15H2,1H3;1-8,25,27H,9-10H2,(H,23,24). The molecule has 0 bridgehead atoms. The number of fused-ring (bicyclic) bond motifs is 4. The molecular formula is C102H94F9N19O8. The lowest BCUT2D eigenvalue weighted by atomic mass is 9.89. The molecule has 27 nitrogen and oxygen atoms in total. The van der Waals surface area contributed by atoms with Crippen LogP contribution in [0.25, 0.3) is 90.4 Å². The Labute approximate surface area is 780 Å². The van der Waals surface area contributed by atoms with Crippen LogP contribution in [0.15, 0.2) is 262 Å². The highest BCUT2D eigenvalue weighted by Gasteiger charge is 2.37. The van der Waals surface area contributed by atoms with Crippen LogP contribution in [0.3, 0.4) is 0 Å². The number of carbonyl (C=O) groups is 2. The lowest BCUT2D eigenvalue weighted by Crippen LogP contribution is -2.48. The van der Waals surface area contributed by atoms with E-state index in [0.717, 1.165) is 104 Å². The second kappa shape index (κ2) is 40.1. The molecule has 2 aliphatic heterocycles. The summed E-state index contributed by atoms with van der Waals surface area (Å²) in [7, 11) is 1.79. The highest BCUT2D eigenvalue weighted by Crippen LogP contribution is 2.37. The van der Waals surface area contributed by atoms with Crippen LogP contribution in [0.4, 0.5) is 39.5 Å². The summed E-state index contributed by atoms with van der Waals surface area (Å²) in [6.07, 6.45) is 0.727. The van der Waals surface area contributed by atoms with Crippen LogP contribution in [0.2, 0.25) is 0 Å². The molecule has 2 saturated heterocycles. The van der Waals surface area contributed by atoms with Gasteiger partial charge in [0.15, 0.2) is 0 Å². The second-order valence-corrected chi connectivity index (χ2v) is 34.5. The molecule has 138 heavy (non-hydrogen) atoms. The Hall–Kier alpha value is -15.7. The molecule has 0 spiro atoms. The van der Waals surface area contributed by atoms with Crippen LogP contribution in [-0.2, 0) is 80.4 Å². The highest BCUT2D eigenvalue weighted by molar-refractivity contribution is 5.84. The van der Waals surface area contributed by atoms with Gasteiger partial charge in [0.25, 0.3) is 28.1 Å². The van der Waals surface area contributed by atoms with Crippen molar-refractivity contribution in [1.29, 1.82) is 0 Å². The van der Waals surface area contributed by atoms with Crippen molar-refractivity contribution in [3.05, 3.63) is 369 Å². The van der Waals surface area contributed by atoms with Crippen molar-refractivity contribution < 1.29 is 59.3 Å². The summed E-state index contributed by atoms with van der Waals surface area (Å²) < 4.78 is 125. The number of pyridine rings is 1. The number of aryl methyl sites for hydroxylation is 4. The van der Waals surface area contributed by atoms with Gasteiger partial charge in [-0.3, -0.25) is 54.1 Å². The third-order valence-corrected chi connectivity index (χ3v) is 24.9. The van der Waals surface area contributed by atoms with Crippen LogP contribution in [-0.4, -0.2) is 154 Å².